The van der Waals surface area contributed by atoms with Gasteiger partial charge in [-0.15, -0.1) is 0 Å². The Morgan fingerprint density at radius 2 is 1.75 bits per heavy atom. The van der Waals surface area contributed by atoms with Crippen LogP contribution < -0.4 is 5.32 Å². The lowest BCUT2D eigenvalue weighted by molar-refractivity contribution is -0.139. The number of ether oxygens (including phenoxy) is 2. The molecule has 0 saturated heterocycles. The van der Waals surface area contributed by atoms with E-state index in [1.54, 1.807) is 0 Å². The van der Waals surface area contributed by atoms with Crippen LogP contribution in [0.4, 0.5) is 0 Å². The second-order valence-electron chi connectivity index (χ2n) is 5.05. The van der Waals surface area contributed by atoms with Gasteiger partial charge in [-0.2, -0.15) is 0 Å². The van der Waals surface area contributed by atoms with Crippen LogP contribution in [0.15, 0.2) is 0 Å². The molecule has 0 aromatic rings. The standard InChI is InChI=1S/C13H27NO2/c1-5-15-12(16-6-2)9-10-14-13(3,4)11-7-8-11/h11-12,14H,5-10H2,1-4H3. The fourth-order valence-corrected chi connectivity index (χ4v) is 2.05. The molecule has 0 amide bonds. The minimum Gasteiger partial charge on any atom is -0.353 e. The smallest absolute Gasteiger partial charge is 0.158 e. The lowest BCUT2D eigenvalue weighted by Crippen LogP contribution is -2.43. The van der Waals surface area contributed by atoms with Gasteiger partial charge in [0.2, 0.25) is 0 Å². The van der Waals surface area contributed by atoms with E-state index in [0.717, 1.165) is 32.1 Å². The van der Waals surface area contributed by atoms with E-state index in [1.807, 2.05) is 13.8 Å². The highest BCUT2D eigenvalue weighted by atomic mass is 16.7. The third kappa shape index (κ3) is 4.81. The molecule has 1 fully saturated rings. The predicted molar refractivity (Wildman–Crippen MR) is 66.5 cm³/mol. The molecule has 0 atom stereocenters. The molecule has 16 heavy (non-hydrogen) atoms. The van der Waals surface area contributed by atoms with Crippen molar-refractivity contribution in [2.24, 2.45) is 5.92 Å². The molecule has 1 N–H and O–H groups in total. The first-order valence-corrected chi connectivity index (χ1v) is 6.58. The quantitative estimate of drug-likeness (QED) is 0.616. The summed E-state index contributed by atoms with van der Waals surface area (Å²) in [6, 6.07) is 0. The highest BCUT2D eigenvalue weighted by Crippen LogP contribution is 2.39. The Hall–Kier alpha value is -0.120. The van der Waals surface area contributed by atoms with Crippen LogP contribution in [-0.4, -0.2) is 31.6 Å². The summed E-state index contributed by atoms with van der Waals surface area (Å²) < 4.78 is 11.0. The van der Waals surface area contributed by atoms with Crippen LogP contribution in [0, 0.1) is 5.92 Å². The lowest BCUT2D eigenvalue weighted by Gasteiger charge is -2.27. The highest BCUT2D eigenvalue weighted by molar-refractivity contribution is 4.94. The molecular formula is C13H27NO2. The number of hydrogen-bond acceptors (Lipinski definition) is 3. The fraction of sp³-hybridized carbons (Fsp3) is 1.00. The van der Waals surface area contributed by atoms with Crippen LogP contribution in [0.2, 0.25) is 0 Å². The lowest BCUT2D eigenvalue weighted by atomic mass is 9.99. The molecular weight excluding hydrogens is 202 g/mol. The van der Waals surface area contributed by atoms with Crippen molar-refractivity contribution in [3.8, 4) is 0 Å². The molecule has 1 saturated carbocycles. The van der Waals surface area contributed by atoms with Crippen LogP contribution in [-0.2, 0) is 9.47 Å². The zero-order valence-corrected chi connectivity index (χ0v) is 11.2. The Labute approximate surface area is 99.9 Å². The normalized spacial score (nSPS) is 17.1. The summed E-state index contributed by atoms with van der Waals surface area (Å²) in [5.74, 6) is 0.866. The molecule has 0 aromatic heterocycles. The Balaban J connectivity index is 2.15. The predicted octanol–water partition coefficient (Wildman–Crippen LogP) is 2.55. The average Bonchev–Trinajstić information content (AvgIpc) is 3.01. The van der Waals surface area contributed by atoms with Crippen LogP contribution in [0.5, 0.6) is 0 Å². The first-order valence-electron chi connectivity index (χ1n) is 6.58. The van der Waals surface area contributed by atoms with Gasteiger partial charge in [0.05, 0.1) is 0 Å². The van der Waals surface area contributed by atoms with Crippen LogP contribution in [0.3, 0.4) is 0 Å². The molecule has 3 heteroatoms. The monoisotopic (exact) mass is 229 g/mol. The van der Waals surface area contributed by atoms with E-state index in [-0.39, 0.29) is 11.8 Å². The Morgan fingerprint density at radius 1 is 1.19 bits per heavy atom. The van der Waals surface area contributed by atoms with Crippen LogP contribution in [0.1, 0.15) is 47.0 Å². The zero-order chi connectivity index (χ0) is 12.0. The summed E-state index contributed by atoms with van der Waals surface area (Å²) in [6.07, 6.45) is 3.64. The molecule has 3 nitrogen and oxygen atoms in total. The van der Waals surface area contributed by atoms with Gasteiger partial charge in [-0.25, -0.2) is 0 Å². The van der Waals surface area contributed by atoms with Gasteiger partial charge in [0.15, 0.2) is 6.29 Å². The first-order chi connectivity index (χ1) is 7.60. The van der Waals surface area contributed by atoms with Gasteiger partial charge in [0, 0.05) is 31.7 Å². The van der Waals surface area contributed by atoms with Gasteiger partial charge in [0.25, 0.3) is 0 Å². The molecule has 0 heterocycles. The average molecular weight is 229 g/mol. The van der Waals surface area contributed by atoms with Crippen LogP contribution >= 0.6 is 0 Å². The van der Waals surface area contributed by atoms with E-state index in [4.69, 9.17) is 9.47 Å². The molecule has 0 unspecified atom stereocenters. The summed E-state index contributed by atoms with van der Waals surface area (Å²) in [6.45, 7) is 11.0. The summed E-state index contributed by atoms with van der Waals surface area (Å²) in [5, 5.41) is 3.61. The van der Waals surface area contributed by atoms with E-state index in [2.05, 4.69) is 19.2 Å². The number of rotatable bonds is 9. The topological polar surface area (TPSA) is 30.5 Å². The number of hydrogen-bond donors (Lipinski definition) is 1. The van der Waals surface area contributed by atoms with E-state index in [0.29, 0.717) is 0 Å². The Bertz CT molecular complexity index is 184. The Kier molecular flexibility index (Phi) is 5.73. The molecule has 0 aliphatic heterocycles. The molecule has 0 aromatic carbocycles. The van der Waals surface area contributed by atoms with Crippen molar-refractivity contribution in [2.75, 3.05) is 19.8 Å². The van der Waals surface area contributed by atoms with Crippen molar-refractivity contribution in [3.63, 3.8) is 0 Å². The maximum atomic E-state index is 5.51. The van der Waals surface area contributed by atoms with E-state index >= 15 is 0 Å². The highest BCUT2D eigenvalue weighted by Gasteiger charge is 2.37. The zero-order valence-electron chi connectivity index (χ0n) is 11.2. The van der Waals surface area contributed by atoms with E-state index in [9.17, 15) is 0 Å². The third-order valence-electron chi connectivity index (χ3n) is 3.26. The molecule has 1 aliphatic rings. The molecule has 0 spiro atoms. The maximum absolute atomic E-state index is 5.51. The van der Waals surface area contributed by atoms with Crippen molar-refractivity contribution in [2.45, 2.75) is 58.8 Å². The van der Waals surface area contributed by atoms with Crippen molar-refractivity contribution in [1.82, 2.24) is 5.32 Å². The third-order valence-corrected chi connectivity index (χ3v) is 3.26. The van der Waals surface area contributed by atoms with Crippen LogP contribution in [0.25, 0.3) is 0 Å². The molecule has 0 radical (unpaired) electrons. The largest absolute Gasteiger partial charge is 0.353 e. The van der Waals surface area contributed by atoms with Gasteiger partial charge in [0.1, 0.15) is 0 Å². The second kappa shape index (κ2) is 6.58. The van der Waals surface area contributed by atoms with Gasteiger partial charge in [-0.1, -0.05) is 0 Å². The summed E-state index contributed by atoms with van der Waals surface area (Å²) in [7, 11) is 0. The van der Waals surface area contributed by atoms with Gasteiger partial charge >= 0.3 is 0 Å². The fourth-order valence-electron chi connectivity index (χ4n) is 2.05. The molecule has 1 rings (SSSR count). The van der Waals surface area contributed by atoms with Gasteiger partial charge in [-0.3, -0.25) is 0 Å². The minimum absolute atomic E-state index is 0.0440. The SMILES string of the molecule is CCOC(CCNC(C)(C)C1CC1)OCC. The van der Waals surface area contributed by atoms with Crippen molar-refractivity contribution >= 4 is 0 Å². The molecule has 1 aliphatic carbocycles. The van der Waals surface area contributed by atoms with E-state index < -0.39 is 0 Å². The summed E-state index contributed by atoms with van der Waals surface area (Å²) in [4.78, 5) is 0. The van der Waals surface area contributed by atoms with Gasteiger partial charge in [-0.05, 0) is 46.5 Å². The minimum atomic E-state index is -0.0440. The number of nitrogens with one attached hydrogen (secondary N) is 1. The molecule has 0 bridgehead atoms. The van der Waals surface area contributed by atoms with Crippen molar-refractivity contribution in [1.29, 1.82) is 0 Å². The molecule has 96 valence electrons. The van der Waals surface area contributed by atoms with E-state index in [1.165, 1.54) is 12.8 Å². The van der Waals surface area contributed by atoms with Gasteiger partial charge < -0.3 is 14.8 Å². The summed E-state index contributed by atoms with van der Waals surface area (Å²) >= 11 is 0. The Morgan fingerprint density at radius 3 is 2.19 bits per heavy atom. The summed E-state index contributed by atoms with van der Waals surface area (Å²) in [5.41, 5.74) is 0.281. The second-order valence-corrected chi connectivity index (χ2v) is 5.05. The first kappa shape index (κ1) is 13.9. The van der Waals surface area contributed by atoms with Crippen molar-refractivity contribution in [3.05, 3.63) is 0 Å². The maximum Gasteiger partial charge on any atom is 0.158 e. The van der Waals surface area contributed by atoms with Crippen molar-refractivity contribution < 1.29 is 9.47 Å².